The average molecular weight is 436 g/mol. The van der Waals surface area contributed by atoms with E-state index in [2.05, 4.69) is 20.6 Å². The van der Waals surface area contributed by atoms with Gasteiger partial charge in [-0.25, -0.2) is 0 Å². The molecule has 0 amide bonds. The number of aliphatic imine (C=N–C) groups is 1. The molecule has 0 bridgehead atoms. The van der Waals surface area contributed by atoms with E-state index in [1.54, 1.807) is 21.3 Å². The van der Waals surface area contributed by atoms with Gasteiger partial charge in [0.1, 0.15) is 5.75 Å². The first-order valence-corrected chi connectivity index (χ1v) is 7.33. The van der Waals surface area contributed by atoms with Gasteiger partial charge in [0, 0.05) is 38.0 Å². The fourth-order valence-corrected chi connectivity index (χ4v) is 2.01. The van der Waals surface area contributed by atoms with Crippen LogP contribution in [0.25, 0.3) is 0 Å². The van der Waals surface area contributed by atoms with Gasteiger partial charge in [-0.1, -0.05) is 0 Å². The Labute approximate surface area is 156 Å². The van der Waals surface area contributed by atoms with Crippen LogP contribution in [0.3, 0.4) is 0 Å². The normalized spacial score (nSPS) is 11.7. The lowest BCUT2D eigenvalue weighted by atomic mass is 10.1. The van der Waals surface area contributed by atoms with E-state index in [9.17, 15) is 0 Å². The van der Waals surface area contributed by atoms with Crippen LogP contribution in [0.5, 0.6) is 5.75 Å². The van der Waals surface area contributed by atoms with Crippen LogP contribution in [0, 0.1) is 13.8 Å². The number of aryl methyl sites for hydroxylation is 1. The van der Waals surface area contributed by atoms with E-state index >= 15 is 0 Å². The highest BCUT2D eigenvalue weighted by Gasteiger charge is 2.16. The van der Waals surface area contributed by atoms with Crippen molar-refractivity contribution in [1.82, 2.24) is 15.6 Å². The van der Waals surface area contributed by atoms with E-state index in [1.807, 2.05) is 33.9 Å². The summed E-state index contributed by atoms with van der Waals surface area (Å²) < 4.78 is 10.8. The number of guanidine groups is 1. The molecule has 0 atom stereocenters. The Morgan fingerprint density at radius 1 is 1.26 bits per heavy atom. The lowest BCUT2D eigenvalue weighted by molar-refractivity contribution is 0.0268. The fourth-order valence-electron chi connectivity index (χ4n) is 2.01. The van der Waals surface area contributed by atoms with Gasteiger partial charge in [0.2, 0.25) is 0 Å². The molecule has 1 aromatic heterocycles. The zero-order chi connectivity index (χ0) is 16.8. The van der Waals surface area contributed by atoms with Crippen molar-refractivity contribution in [2.45, 2.75) is 39.8 Å². The number of hydrogen-bond acceptors (Lipinski definition) is 4. The van der Waals surface area contributed by atoms with E-state index in [1.165, 1.54) is 0 Å². The molecule has 0 aromatic carbocycles. The summed E-state index contributed by atoms with van der Waals surface area (Å²) in [7, 11) is 5.12. The molecule has 0 unspecified atom stereocenters. The molecule has 23 heavy (non-hydrogen) atoms. The van der Waals surface area contributed by atoms with Crippen molar-refractivity contribution in [3.8, 4) is 5.75 Å². The molecule has 0 radical (unpaired) electrons. The van der Waals surface area contributed by atoms with E-state index < -0.39 is 0 Å². The van der Waals surface area contributed by atoms with Crippen LogP contribution in [0.4, 0.5) is 0 Å². The second kappa shape index (κ2) is 9.92. The minimum atomic E-state index is -0.251. The molecule has 0 fully saturated rings. The third-order valence-corrected chi connectivity index (χ3v) is 3.63. The molecule has 1 heterocycles. The molecular formula is C16H29IN4O2. The molecule has 0 saturated carbocycles. The standard InChI is InChI=1S/C16H28N4O2.HI/c1-11-8-18-13(12(2)14(11)21-6)9-19-15(17-5)20-10-16(3,4)22-7;/h8H,9-10H2,1-7H3,(H2,17,19,20);1H. The smallest absolute Gasteiger partial charge is 0.191 e. The summed E-state index contributed by atoms with van der Waals surface area (Å²) >= 11 is 0. The van der Waals surface area contributed by atoms with Gasteiger partial charge >= 0.3 is 0 Å². The Balaban J connectivity index is 0.00000484. The minimum Gasteiger partial charge on any atom is -0.496 e. The maximum absolute atomic E-state index is 5.43. The van der Waals surface area contributed by atoms with Gasteiger partial charge < -0.3 is 20.1 Å². The SMILES string of the molecule is CN=C(NCc1ncc(C)c(OC)c1C)NCC(C)(C)OC.I. The van der Waals surface area contributed by atoms with Crippen molar-refractivity contribution in [2.24, 2.45) is 4.99 Å². The van der Waals surface area contributed by atoms with Crippen LogP contribution in [-0.4, -0.2) is 44.4 Å². The van der Waals surface area contributed by atoms with Gasteiger partial charge in [0.25, 0.3) is 0 Å². The van der Waals surface area contributed by atoms with Crippen LogP contribution in [-0.2, 0) is 11.3 Å². The number of nitrogens with one attached hydrogen (secondary N) is 2. The molecule has 1 aromatic rings. The van der Waals surface area contributed by atoms with Gasteiger partial charge in [0.05, 0.1) is 24.9 Å². The Morgan fingerprint density at radius 2 is 1.91 bits per heavy atom. The molecule has 0 aliphatic rings. The monoisotopic (exact) mass is 436 g/mol. The molecule has 0 saturated heterocycles. The third kappa shape index (κ3) is 6.50. The Hall–Kier alpha value is -1.09. The highest BCUT2D eigenvalue weighted by Crippen LogP contribution is 2.23. The molecule has 6 nitrogen and oxygen atoms in total. The summed E-state index contributed by atoms with van der Waals surface area (Å²) in [5.41, 5.74) is 2.77. The maximum Gasteiger partial charge on any atom is 0.191 e. The molecule has 0 spiro atoms. The van der Waals surface area contributed by atoms with Gasteiger partial charge in [-0.2, -0.15) is 0 Å². The Bertz CT molecular complexity index is 533. The van der Waals surface area contributed by atoms with Crippen LogP contribution in [0.15, 0.2) is 11.2 Å². The summed E-state index contributed by atoms with van der Waals surface area (Å²) in [4.78, 5) is 8.68. The molecular weight excluding hydrogens is 407 g/mol. The van der Waals surface area contributed by atoms with Gasteiger partial charge in [-0.3, -0.25) is 9.98 Å². The van der Waals surface area contributed by atoms with E-state index in [4.69, 9.17) is 9.47 Å². The molecule has 7 heteroatoms. The van der Waals surface area contributed by atoms with E-state index in [0.29, 0.717) is 19.0 Å². The molecule has 2 N–H and O–H groups in total. The molecule has 1 rings (SSSR count). The molecule has 0 aliphatic heterocycles. The predicted molar refractivity (Wildman–Crippen MR) is 105 cm³/mol. The van der Waals surface area contributed by atoms with Gasteiger partial charge in [-0.15, -0.1) is 24.0 Å². The van der Waals surface area contributed by atoms with Crippen molar-refractivity contribution in [3.05, 3.63) is 23.0 Å². The number of rotatable bonds is 6. The highest BCUT2D eigenvalue weighted by molar-refractivity contribution is 14.0. The topological polar surface area (TPSA) is 67.8 Å². The molecule has 0 aliphatic carbocycles. The highest BCUT2D eigenvalue weighted by atomic mass is 127. The Kier molecular flexibility index (Phi) is 9.45. The van der Waals surface area contributed by atoms with Crippen LogP contribution in [0.2, 0.25) is 0 Å². The quantitative estimate of drug-likeness (QED) is 0.408. The van der Waals surface area contributed by atoms with Gasteiger partial charge in [0.15, 0.2) is 5.96 Å². The first-order valence-electron chi connectivity index (χ1n) is 7.33. The summed E-state index contributed by atoms with van der Waals surface area (Å²) in [6.07, 6.45) is 1.83. The largest absolute Gasteiger partial charge is 0.496 e. The van der Waals surface area contributed by atoms with Crippen molar-refractivity contribution in [2.75, 3.05) is 27.8 Å². The minimum absolute atomic E-state index is 0. The maximum atomic E-state index is 5.43. The molecule has 132 valence electrons. The second-order valence-electron chi connectivity index (χ2n) is 5.79. The van der Waals surface area contributed by atoms with Gasteiger partial charge in [-0.05, 0) is 27.7 Å². The van der Waals surface area contributed by atoms with E-state index in [-0.39, 0.29) is 29.6 Å². The predicted octanol–water partition coefficient (Wildman–Crippen LogP) is 2.42. The summed E-state index contributed by atoms with van der Waals surface area (Å²) in [5.74, 6) is 1.60. The number of nitrogens with zero attached hydrogens (tertiary/aromatic N) is 2. The number of hydrogen-bond donors (Lipinski definition) is 2. The lowest BCUT2D eigenvalue weighted by Gasteiger charge is -2.24. The first kappa shape index (κ1) is 21.9. The zero-order valence-corrected chi connectivity index (χ0v) is 17.4. The number of aromatic nitrogens is 1. The number of methoxy groups -OCH3 is 2. The summed E-state index contributed by atoms with van der Waals surface area (Å²) in [6, 6.07) is 0. The first-order chi connectivity index (χ1) is 10.3. The van der Waals surface area contributed by atoms with E-state index in [0.717, 1.165) is 22.6 Å². The van der Waals surface area contributed by atoms with Crippen molar-refractivity contribution < 1.29 is 9.47 Å². The van der Waals surface area contributed by atoms with Crippen molar-refractivity contribution in [1.29, 1.82) is 0 Å². The second-order valence-corrected chi connectivity index (χ2v) is 5.79. The average Bonchev–Trinajstić information content (AvgIpc) is 2.49. The zero-order valence-electron chi connectivity index (χ0n) is 15.1. The number of pyridine rings is 1. The Morgan fingerprint density at radius 3 is 2.43 bits per heavy atom. The number of ether oxygens (including phenoxy) is 2. The fraction of sp³-hybridized carbons (Fsp3) is 0.625. The van der Waals surface area contributed by atoms with Crippen LogP contribution in [0.1, 0.15) is 30.7 Å². The van der Waals surface area contributed by atoms with Crippen LogP contribution < -0.4 is 15.4 Å². The summed E-state index contributed by atoms with van der Waals surface area (Å²) in [6.45, 7) is 9.28. The lowest BCUT2D eigenvalue weighted by Crippen LogP contribution is -2.45. The van der Waals surface area contributed by atoms with Crippen LogP contribution >= 0.6 is 24.0 Å². The van der Waals surface area contributed by atoms with Crippen molar-refractivity contribution in [3.63, 3.8) is 0 Å². The number of halogens is 1. The summed E-state index contributed by atoms with van der Waals surface area (Å²) in [5, 5.41) is 6.50. The third-order valence-electron chi connectivity index (χ3n) is 3.63. The van der Waals surface area contributed by atoms with Crippen molar-refractivity contribution >= 4 is 29.9 Å².